The van der Waals surface area contributed by atoms with Crippen LogP contribution in [0.5, 0.6) is 0 Å². The van der Waals surface area contributed by atoms with Crippen LogP contribution in [-0.2, 0) is 6.42 Å². The molecule has 1 unspecified atom stereocenters. The summed E-state index contributed by atoms with van der Waals surface area (Å²) in [7, 11) is 0. The number of halogens is 1. The van der Waals surface area contributed by atoms with E-state index in [1.54, 1.807) is 18.5 Å². The zero-order valence-electron chi connectivity index (χ0n) is 13.7. The third-order valence-electron chi connectivity index (χ3n) is 5.36. The molecule has 3 heteroatoms. The van der Waals surface area contributed by atoms with Crippen LogP contribution in [0, 0.1) is 5.82 Å². The minimum atomic E-state index is -0.185. The minimum absolute atomic E-state index is 0.185. The van der Waals surface area contributed by atoms with Crippen LogP contribution < -0.4 is 0 Å². The van der Waals surface area contributed by atoms with Crippen molar-refractivity contribution in [1.29, 1.82) is 0 Å². The highest BCUT2D eigenvalue weighted by Crippen LogP contribution is 2.40. The molecule has 4 aromatic rings. The Labute approximate surface area is 145 Å². The highest BCUT2D eigenvalue weighted by atomic mass is 19.1. The molecule has 1 aromatic heterocycles. The second-order valence-corrected chi connectivity index (χ2v) is 6.73. The van der Waals surface area contributed by atoms with Crippen LogP contribution in [0.25, 0.3) is 21.5 Å². The third-order valence-corrected chi connectivity index (χ3v) is 5.36. The fourth-order valence-corrected chi connectivity index (χ4v) is 4.23. The quantitative estimate of drug-likeness (QED) is 0.438. The first-order chi connectivity index (χ1) is 12.3. The number of hydrogen-bond acceptors (Lipinski definition) is 2. The Morgan fingerprint density at radius 1 is 0.920 bits per heavy atom. The van der Waals surface area contributed by atoms with Crippen molar-refractivity contribution in [3.05, 3.63) is 83.7 Å². The van der Waals surface area contributed by atoms with Crippen LogP contribution in [0.3, 0.4) is 0 Å². The second-order valence-electron chi connectivity index (χ2n) is 6.73. The normalized spacial score (nSPS) is 16.9. The molecule has 0 radical (unpaired) electrons. The largest absolute Gasteiger partial charge is 0.261 e. The van der Waals surface area contributed by atoms with E-state index in [0.717, 1.165) is 41.1 Å². The average molecular weight is 328 g/mol. The van der Waals surface area contributed by atoms with Crippen LogP contribution in [0.1, 0.15) is 35.6 Å². The molecule has 2 nitrogen and oxygen atoms in total. The molecule has 0 saturated heterocycles. The molecule has 5 rings (SSSR count). The maximum atomic E-state index is 13.8. The number of hydrogen-bond donors (Lipinski definition) is 0. The van der Waals surface area contributed by atoms with Gasteiger partial charge in [0.1, 0.15) is 5.82 Å². The number of fused-ring (bicyclic) bond motifs is 5. The Morgan fingerprint density at radius 3 is 2.68 bits per heavy atom. The Bertz CT molecular complexity index is 1090. The molecule has 0 amide bonds. The molecule has 122 valence electrons. The van der Waals surface area contributed by atoms with Gasteiger partial charge in [-0.25, -0.2) is 4.39 Å². The van der Waals surface area contributed by atoms with Crippen LogP contribution in [0.15, 0.2) is 61.1 Å². The molecule has 0 N–H and O–H groups in total. The predicted molar refractivity (Wildman–Crippen MR) is 98.2 cm³/mol. The van der Waals surface area contributed by atoms with Crippen LogP contribution in [0.4, 0.5) is 4.39 Å². The third kappa shape index (κ3) is 2.30. The highest BCUT2D eigenvalue weighted by molar-refractivity contribution is 6.08. The number of rotatable bonds is 1. The van der Waals surface area contributed by atoms with E-state index in [2.05, 4.69) is 34.2 Å². The fourth-order valence-electron chi connectivity index (χ4n) is 4.23. The van der Waals surface area contributed by atoms with E-state index in [4.69, 9.17) is 0 Å². The van der Waals surface area contributed by atoms with Crippen molar-refractivity contribution in [3.8, 4) is 0 Å². The van der Waals surface area contributed by atoms with Crippen molar-refractivity contribution in [3.63, 3.8) is 0 Å². The first kappa shape index (κ1) is 14.5. The molecule has 1 aliphatic rings. The zero-order valence-corrected chi connectivity index (χ0v) is 13.7. The van der Waals surface area contributed by atoms with Gasteiger partial charge in [-0.3, -0.25) is 9.97 Å². The molecule has 0 aliphatic heterocycles. The number of benzene rings is 3. The van der Waals surface area contributed by atoms with E-state index < -0.39 is 0 Å². The smallest absolute Gasteiger partial charge is 0.123 e. The van der Waals surface area contributed by atoms with Crippen LogP contribution in [-0.4, -0.2) is 9.97 Å². The maximum absolute atomic E-state index is 13.8. The summed E-state index contributed by atoms with van der Waals surface area (Å²) in [5, 5.41) is 4.44. The van der Waals surface area contributed by atoms with E-state index in [9.17, 15) is 4.39 Å². The minimum Gasteiger partial charge on any atom is -0.261 e. The van der Waals surface area contributed by atoms with Crippen LogP contribution in [0.2, 0.25) is 0 Å². The summed E-state index contributed by atoms with van der Waals surface area (Å²) in [5.74, 6) is 0.111. The van der Waals surface area contributed by atoms with E-state index in [1.807, 2.05) is 12.3 Å². The molecule has 0 spiro atoms. The number of aromatic nitrogens is 2. The van der Waals surface area contributed by atoms with E-state index in [-0.39, 0.29) is 5.82 Å². The Balaban J connectivity index is 1.77. The van der Waals surface area contributed by atoms with E-state index in [1.165, 1.54) is 22.6 Å². The zero-order chi connectivity index (χ0) is 16.8. The van der Waals surface area contributed by atoms with Gasteiger partial charge in [0.15, 0.2) is 0 Å². The first-order valence-electron chi connectivity index (χ1n) is 8.71. The molecule has 25 heavy (non-hydrogen) atoms. The van der Waals surface area contributed by atoms with Gasteiger partial charge in [0, 0.05) is 24.5 Å². The summed E-state index contributed by atoms with van der Waals surface area (Å²) >= 11 is 0. The van der Waals surface area contributed by atoms with Gasteiger partial charge in [-0.05, 0) is 64.1 Å². The van der Waals surface area contributed by atoms with Gasteiger partial charge in [-0.15, -0.1) is 0 Å². The van der Waals surface area contributed by atoms with Crippen molar-refractivity contribution in [2.24, 2.45) is 0 Å². The van der Waals surface area contributed by atoms with Gasteiger partial charge >= 0.3 is 0 Å². The summed E-state index contributed by atoms with van der Waals surface area (Å²) < 4.78 is 13.8. The van der Waals surface area contributed by atoms with E-state index >= 15 is 0 Å². The highest BCUT2D eigenvalue weighted by Gasteiger charge is 2.24. The average Bonchev–Trinajstić information content (AvgIpc) is 2.67. The SMILES string of the molecule is Fc1ccc2ccc3c4c(ccc3c2c1)C(c1cnccn1)CCC4. The Kier molecular flexibility index (Phi) is 3.27. The topological polar surface area (TPSA) is 25.8 Å². The van der Waals surface area contributed by atoms with E-state index in [0.29, 0.717) is 5.92 Å². The van der Waals surface area contributed by atoms with Gasteiger partial charge < -0.3 is 0 Å². The summed E-state index contributed by atoms with van der Waals surface area (Å²) in [5.41, 5.74) is 3.76. The summed E-state index contributed by atoms with van der Waals surface area (Å²) in [6, 6.07) is 13.7. The molecule has 3 aromatic carbocycles. The lowest BCUT2D eigenvalue weighted by Crippen LogP contribution is -2.13. The maximum Gasteiger partial charge on any atom is 0.123 e. The molecule has 1 aliphatic carbocycles. The lowest BCUT2D eigenvalue weighted by atomic mass is 9.78. The lowest BCUT2D eigenvalue weighted by molar-refractivity contribution is 0.605. The summed E-state index contributed by atoms with van der Waals surface area (Å²) in [4.78, 5) is 8.77. The van der Waals surface area contributed by atoms with Gasteiger partial charge in [0.05, 0.1) is 5.69 Å². The van der Waals surface area contributed by atoms with Crippen molar-refractivity contribution in [2.45, 2.75) is 25.2 Å². The summed E-state index contributed by atoms with van der Waals surface area (Å²) in [6.45, 7) is 0. The summed E-state index contributed by atoms with van der Waals surface area (Å²) in [6.07, 6.45) is 8.65. The molecule has 0 bridgehead atoms. The first-order valence-corrected chi connectivity index (χ1v) is 8.71. The molecule has 0 fully saturated rings. The van der Waals surface area contributed by atoms with Gasteiger partial charge in [-0.2, -0.15) is 0 Å². The Hall–Kier alpha value is -2.81. The fraction of sp³-hybridized carbons (Fsp3) is 0.182. The standard InChI is InChI=1S/C22H17FN2/c23-15-6-4-14-5-7-17-16-2-1-3-20(22-13-24-10-11-25-22)18(16)8-9-19(17)21(14)12-15/h4-13,20H,1-3H2. The molecule has 1 heterocycles. The van der Waals surface area contributed by atoms with Gasteiger partial charge in [0.25, 0.3) is 0 Å². The number of aryl methyl sites for hydroxylation is 1. The second kappa shape index (κ2) is 5.62. The monoisotopic (exact) mass is 328 g/mol. The van der Waals surface area contributed by atoms with Crippen molar-refractivity contribution in [1.82, 2.24) is 9.97 Å². The van der Waals surface area contributed by atoms with Crippen molar-refractivity contribution in [2.75, 3.05) is 0 Å². The predicted octanol–water partition coefficient (Wildman–Crippen LogP) is 5.39. The van der Waals surface area contributed by atoms with Gasteiger partial charge in [0.2, 0.25) is 0 Å². The molecule has 1 atom stereocenters. The van der Waals surface area contributed by atoms with Crippen molar-refractivity contribution < 1.29 is 4.39 Å². The molecular weight excluding hydrogens is 311 g/mol. The molecular formula is C22H17FN2. The van der Waals surface area contributed by atoms with Crippen molar-refractivity contribution >= 4 is 21.5 Å². The lowest BCUT2D eigenvalue weighted by Gasteiger charge is -2.26. The van der Waals surface area contributed by atoms with Crippen LogP contribution >= 0.6 is 0 Å². The van der Waals surface area contributed by atoms with Gasteiger partial charge in [-0.1, -0.05) is 30.3 Å². The molecule has 0 saturated carbocycles. The Morgan fingerprint density at radius 2 is 1.80 bits per heavy atom. The number of nitrogens with zero attached hydrogens (tertiary/aromatic N) is 2.